The second-order valence-electron chi connectivity index (χ2n) is 5.99. The van der Waals surface area contributed by atoms with Gasteiger partial charge in [-0.25, -0.2) is 4.79 Å². The number of anilines is 1. The molecule has 108 valence electrons. The number of carbonyl (C=O) groups excluding carboxylic acids is 2. The smallest absolute Gasteiger partial charge is 0.319 e. The Hall–Kier alpha value is -1.56. The van der Waals surface area contributed by atoms with Crippen LogP contribution in [0.4, 0.5) is 10.5 Å². The number of hydrogen-bond acceptors (Lipinski definition) is 3. The molecule has 2 aliphatic heterocycles. The van der Waals surface area contributed by atoms with Gasteiger partial charge in [0.2, 0.25) is 5.91 Å². The summed E-state index contributed by atoms with van der Waals surface area (Å²) in [5, 5.41) is 4.00. The number of amides is 3. The van der Waals surface area contributed by atoms with E-state index >= 15 is 0 Å². The Kier molecular flexibility index (Phi) is 3.20. The summed E-state index contributed by atoms with van der Waals surface area (Å²) in [5.74, 6) is 0.183. The predicted octanol–water partition coefficient (Wildman–Crippen LogP) is 1.86. The molecular weight excluding hydrogens is 274 g/mol. The zero-order chi connectivity index (χ0) is 14.3. The highest BCUT2D eigenvalue weighted by Crippen LogP contribution is 2.42. The number of rotatable bonds is 1. The van der Waals surface area contributed by atoms with E-state index in [4.69, 9.17) is 0 Å². The molecule has 1 aromatic rings. The van der Waals surface area contributed by atoms with Crippen LogP contribution in [0.2, 0.25) is 0 Å². The third kappa shape index (κ3) is 2.18. The van der Waals surface area contributed by atoms with E-state index in [-0.39, 0.29) is 17.4 Å². The Morgan fingerprint density at radius 3 is 2.85 bits per heavy atom. The summed E-state index contributed by atoms with van der Waals surface area (Å²) in [6.07, 6.45) is 1.47. The van der Waals surface area contributed by atoms with Crippen molar-refractivity contribution in [2.45, 2.75) is 12.8 Å². The molecule has 2 aliphatic rings. The Morgan fingerprint density at radius 2 is 2.20 bits per heavy atom. The van der Waals surface area contributed by atoms with Crippen LogP contribution in [0.1, 0.15) is 12.8 Å². The molecule has 6 heteroatoms. The first-order valence-electron chi connectivity index (χ1n) is 6.80. The Balaban J connectivity index is 1.73. The van der Waals surface area contributed by atoms with Crippen molar-refractivity contribution in [3.8, 4) is 0 Å². The molecule has 20 heavy (non-hydrogen) atoms. The van der Waals surface area contributed by atoms with Gasteiger partial charge in [-0.05, 0) is 17.9 Å². The second kappa shape index (κ2) is 4.77. The maximum absolute atomic E-state index is 12.3. The van der Waals surface area contributed by atoms with Gasteiger partial charge >= 0.3 is 6.03 Å². The average molecular weight is 293 g/mol. The lowest BCUT2D eigenvalue weighted by molar-refractivity contribution is -0.117. The first kappa shape index (κ1) is 13.4. The predicted molar refractivity (Wildman–Crippen MR) is 79.0 cm³/mol. The van der Waals surface area contributed by atoms with Crippen molar-refractivity contribution < 1.29 is 9.59 Å². The quantitative estimate of drug-likeness (QED) is 0.793. The third-order valence-corrected chi connectivity index (χ3v) is 4.90. The molecule has 1 unspecified atom stereocenters. The zero-order valence-electron chi connectivity index (χ0n) is 11.8. The standard InChI is InChI=1S/C14H19N3O2S/c1-15(2)13(19)16-5-4-14(9-16)7-12(18)17(10-14)11-3-6-20-8-11/h3,6,8H,4-5,7,9-10H2,1-2H3. The lowest BCUT2D eigenvalue weighted by atomic mass is 9.86. The van der Waals surface area contributed by atoms with Crippen LogP contribution in [0, 0.1) is 5.41 Å². The van der Waals surface area contributed by atoms with Crippen molar-refractivity contribution >= 4 is 29.0 Å². The van der Waals surface area contributed by atoms with Gasteiger partial charge in [-0.1, -0.05) is 0 Å². The van der Waals surface area contributed by atoms with Gasteiger partial charge in [-0.3, -0.25) is 4.79 Å². The van der Waals surface area contributed by atoms with E-state index in [9.17, 15) is 9.59 Å². The number of carbonyl (C=O) groups is 2. The highest BCUT2D eigenvalue weighted by molar-refractivity contribution is 7.08. The number of hydrogen-bond donors (Lipinski definition) is 0. The van der Waals surface area contributed by atoms with Crippen molar-refractivity contribution in [2.24, 2.45) is 5.41 Å². The highest BCUT2D eigenvalue weighted by Gasteiger charge is 2.49. The van der Waals surface area contributed by atoms with E-state index < -0.39 is 0 Å². The number of likely N-dealkylation sites (tertiary alicyclic amines) is 1. The summed E-state index contributed by atoms with van der Waals surface area (Å²) in [7, 11) is 3.54. The van der Waals surface area contributed by atoms with Crippen LogP contribution in [0.25, 0.3) is 0 Å². The number of nitrogens with zero attached hydrogens (tertiary/aromatic N) is 3. The summed E-state index contributed by atoms with van der Waals surface area (Å²) < 4.78 is 0. The molecule has 2 saturated heterocycles. The summed E-state index contributed by atoms with van der Waals surface area (Å²) in [5.41, 5.74) is 0.944. The van der Waals surface area contributed by atoms with Crippen LogP contribution >= 0.6 is 11.3 Å². The van der Waals surface area contributed by atoms with Crippen LogP contribution in [0.3, 0.4) is 0 Å². The third-order valence-electron chi connectivity index (χ3n) is 4.23. The van der Waals surface area contributed by atoms with Gasteiger partial charge in [0.25, 0.3) is 0 Å². The molecule has 0 radical (unpaired) electrons. The van der Waals surface area contributed by atoms with Gasteiger partial charge in [0.15, 0.2) is 0 Å². The van der Waals surface area contributed by atoms with Gasteiger partial charge in [-0.15, -0.1) is 0 Å². The molecule has 3 heterocycles. The molecule has 0 aromatic carbocycles. The highest BCUT2D eigenvalue weighted by atomic mass is 32.1. The van der Waals surface area contributed by atoms with E-state index in [1.165, 1.54) is 0 Å². The van der Waals surface area contributed by atoms with E-state index in [0.717, 1.165) is 25.2 Å². The molecule has 3 rings (SSSR count). The molecular formula is C14H19N3O2S. The molecule has 2 fully saturated rings. The number of thiophene rings is 1. The minimum Gasteiger partial charge on any atom is -0.331 e. The molecule has 0 saturated carbocycles. The molecule has 1 spiro atoms. The molecule has 3 amide bonds. The minimum atomic E-state index is -0.0509. The molecule has 0 N–H and O–H groups in total. The van der Waals surface area contributed by atoms with Crippen molar-refractivity contribution in [3.63, 3.8) is 0 Å². The molecule has 0 bridgehead atoms. The largest absolute Gasteiger partial charge is 0.331 e. The molecule has 5 nitrogen and oxygen atoms in total. The summed E-state index contributed by atoms with van der Waals surface area (Å²) >= 11 is 1.60. The van der Waals surface area contributed by atoms with Gasteiger partial charge < -0.3 is 14.7 Å². The Bertz CT molecular complexity index is 529. The van der Waals surface area contributed by atoms with Gasteiger partial charge in [-0.2, -0.15) is 11.3 Å². The summed E-state index contributed by atoms with van der Waals surface area (Å²) in [6.45, 7) is 2.18. The minimum absolute atomic E-state index is 0.0447. The van der Waals surface area contributed by atoms with E-state index in [1.54, 1.807) is 30.3 Å². The summed E-state index contributed by atoms with van der Waals surface area (Å²) in [6, 6.07) is 2.03. The molecule has 1 aromatic heterocycles. The Morgan fingerprint density at radius 1 is 1.40 bits per heavy atom. The lowest BCUT2D eigenvalue weighted by Crippen LogP contribution is -2.39. The Labute approximate surface area is 122 Å². The van der Waals surface area contributed by atoms with Crippen LogP contribution in [0.5, 0.6) is 0 Å². The SMILES string of the molecule is CN(C)C(=O)N1CCC2(CC(=O)N(c3ccsc3)C2)C1. The zero-order valence-corrected chi connectivity index (χ0v) is 12.7. The first-order chi connectivity index (χ1) is 9.51. The fourth-order valence-corrected chi connectivity index (χ4v) is 3.84. The van der Waals surface area contributed by atoms with Crippen molar-refractivity contribution in [2.75, 3.05) is 38.6 Å². The van der Waals surface area contributed by atoms with Crippen molar-refractivity contribution in [1.82, 2.24) is 9.80 Å². The van der Waals surface area contributed by atoms with Gasteiger partial charge in [0.05, 0.1) is 5.69 Å². The van der Waals surface area contributed by atoms with Crippen LogP contribution in [-0.2, 0) is 4.79 Å². The van der Waals surface area contributed by atoms with Gasteiger partial charge in [0, 0.05) is 50.9 Å². The normalized spacial score (nSPS) is 25.8. The topological polar surface area (TPSA) is 43.9 Å². The van der Waals surface area contributed by atoms with Crippen molar-refractivity contribution in [1.29, 1.82) is 0 Å². The molecule has 1 atom stereocenters. The van der Waals surface area contributed by atoms with Crippen LogP contribution < -0.4 is 4.90 Å². The fourth-order valence-electron chi connectivity index (χ4n) is 3.20. The maximum Gasteiger partial charge on any atom is 0.319 e. The van der Waals surface area contributed by atoms with Crippen LogP contribution in [0.15, 0.2) is 16.8 Å². The fraction of sp³-hybridized carbons (Fsp3) is 0.571. The number of urea groups is 1. The van der Waals surface area contributed by atoms with E-state index in [0.29, 0.717) is 13.0 Å². The first-order valence-corrected chi connectivity index (χ1v) is 7.74. The van der Waals surface area contributed by atoms with Gasteiger partial charge in [0.1, 0.15) is 0 Å². The maximum atomic E-state index is 12.3. The second-order valence-corrected chi connectivity index (χ2v) is 6.77. The van der Waals surface area contributed by atoms with Crippen LogP contribution in [-0.4, -0.2) is 55.5 Å². The van der Waals surface area contributed by atoms with E-state index in [1.807, 2.05) is 26.6 Å². The monoisotopic (exact) mass is 293 g/mol. The lowest BCUT2D eigenvalue weighted by Gasteiger charge is -2.25. The van der Waals surface area contributed by atoms with Crippen molar-refractivity contribution in [3.05, 3.63) is 16.8 Å². The van der Waals surface area contributed by atoms with E-state index in [2.05, 4.69) is 0 Å². The summed E-state index contributed by atoms with van der Waals surface area (Å²) in [4.78, 5) is 29.6. The average Bonchev–Trinajstić information content (AvgIpc) is 3.10. The molecule has 0 aliphatic carbocycles.